The van der Waals surface area contributed by atoms with Crippen molar-refractivity contribution in [2.75, 3.05) is 0 Å². The third-order valence-electron chi connectivity index (χ3n) is 1.26. The molecule has 0 fully saturated rings. The average Bonchev–Trinajstić information content (AvgIpc) is 2.31. The van der Waals surface area contributed by atoms with Crippen molar-refractivity contribution in [1.82, 2.24) is 9.97 Å². The van der Waals surface area contributed by atoms with Crippen molar-refractivity contribution in [1.29, 1.82) is 0 Å². The molecule has 0 bridgehead atoms. The van der Waals surface area contributed by atoms with Gasteiger partial charge in [-0.15, -0.1) is 0 Å². The van der Waals surface area contributed by atoms with Crippen LogP contribution in [-0.4, -0.2) is 21.0 Å². The van der Waals surface area contributed by atoms with E-state index in [0.717, 1.165) is 17.5 Å². The zero-order valence-corrected chi connectivity index (χ0v) is 6.03. The third-order valence-corrected chi connectivity index (χ3v) is 1.26. The molecular weight excluding hydrogens is 144 g/mol. The van der Waals surface area contributed by atoms with Gasteiger partial charge in [-0.05, 0) is 13.0 Å². The molecule has 0 atom stereocenters. The Bertz CT molecular complexity index is 288. The van der Waals surface area contributed by atoms with E-state index in [1.165, 1.54) is 12.4 Å². The molecule has 4 nitrogen and oxygen atoms in total. The van der Waals surface area contributed by atoms with E-state index in [-0.39, 0.29) is 0 Å². The zero-order chi connectivity index (χ0) is 8.27. The van der Waals surface area contributed by atoms with Crippen molar-refractivity contribution in [3.05, 3.63) is 23.8 Å². The van der Waals surface area contributed by atoms with Crippen LogP contribution >= 0.6 is 0 Å². The summed E-state index contributed by atoms with van der Waals surface area (Å²) in [7, 11) is 0. The molecule has 0 saturated heterocycles. The number of imidazole rings is 1. The summed E-state index contributed by atoms with van der Waals surface area (Å²) in [6.45, 7) is 1.80. The summed E-state index contributed by atoms with van der Waals surface area (Å²) in [6, 6.07) is 0. The van der Waals surface area contributed by atoms with E-state index in [4.69, 9.17) is 5.11 Å². The first-order valence-electron chi connectivity index (χ1n) is 3.11. The minimum Gasteiger partial charge on any atom is -0.478 e. The summed E-state index contributed by atoms with van der Waals surface area (Å²) >= 11 is 0. The van der Waals surface area contributed by atoms with Gasteiger partial charge in [0.2, 0.25) is 0 Å². The van der Waals surface area contributed by atoms with Gasteiger partial charge in [0, 0.05) is 6.08 Å². The zero-order valence-electron chi connectivity index (χ0n) is 6.03. The number of hydrogen-bond donors (Lipinski definition) is 2. The predicted octanol–water partition coefficient (Wildman–Crippen LogP) is 0.816. The summed E-state index contributed by atoms with van der Waals surface area (Å²) < 4.78 is 0. The maximum Gasteiger partial charge on any atom is 0.328 e. The molecule has 0 aliphatic carbocycles. The first-order chi connectivity index (χ1) is 5.20. The number of H-pyrrole nitrogens is 1. The summed E-state index contributed by atoms with van der Waals surface area (Å²) in [5.41, 5.74) is 1.52. The minimum absolute atomic E-state index is 0.729. The Morgan fingerprint density at radius 3 is 3.00 bits per heavy atom. The van der Waals surface area contributed by atoms with E-state index in [1.807, 2.05) is 0 Å². The molecule has 1 aromatic rings. The number of aliphatic carboxylic acids is 1. The van der Waals surface area contributed by atoms with Gasteiger partial charge in [0.05, 0.1) is 17.7 Å². The van der Waals surface area contributed by atoms with Crippen LogP contribution in [0.4, 0.5) is 0 Å². The van der Waals surface area contributed by atoms with Gasteiger partial charge in [-0.25, -0.2) is 9.78 Å². The summed E-state index contributed by atoms with van der Waals surface area (Å²) in [4.78, 5) is 16.8. The van der Waals surface area contributed by atoms with Crippen molar-refractivity contribution in [2.24, 2.45) is 0 Å². The van der Waals surface area contributed by atoms with Crippen LogP contribution in [0, 0.1) is 6.92 Å². The third kappa shape index (κ3) is 1.93. The van der Waals surface area contributed by atoms with E-state index >= 15 is 0 Å². The second-order valence-electron chi connectivity index (χ2n) is 2.07. The van der Waals surface area contributed by atoms with Crippen LogP contribution in [-0.2, 0) is 4.79 Å². The number of rotatable bonds is 2. The highest BCUT2D eigenvalue weighted by Crippen LogP contribution is 2.01. The highest BCUT2D eigenvalue weighted by Gasteiger charge is 1.94. The van der Waals surface area contributed by atoms with Crippen molar-refractivity contribution in [2.45, 2.75) is 6.92 Å². The molecule has 11 heavy (non-hydrogen) atoms. The Hall–Kier alpha value is -1.58. The molecule has 4 heteroatoms. The lowest BCUT2D eigenvalue weighted by atomic mass is 10.3. The Morgan fingerprint density at radius 1 is 1.82 bits per heavy atom. The summed E-state index contributed by atoms with van der Waals surface area (Å²) in [6.07, 6.45) is 4.07. The number of hydrogen-bond acceptors (Lipinski definition) is 2. The van der Waals surface area contributed by atoms with Crippen molar-refractivity contribution in [3.8, 4) is 0 Å². The molecule has 0 saturated carbocycles. The van der Waals surface area contributed by atoms with E-state index < -0.39 is 5.97 Å². The fourth-order valence-corrected chi connectivity index (χ4v) is 0.696. The molecule has 1 aromatic heterocycles. The number of carbonyl (C=O) groups is 1. The van der Waals surface area contributed by atoms with E-state index in [0.29, 0.717) is 0 Å². The van der Waals surface area contributed by atoms with Crippen LogP contribution in [0.25, 0.3) is 6.08 Å². The number of nitrogens with one attached hydrogen (secondary N) is 1. The van der Waals surface area contributed by atoms with Gasteiger partial charge < -0.3 is 10.1 Å². The van der Waals surface area contributed by atoms with Gasteiger partial charge in [0.15, 0.2) is 0 Å². The van der Waals surface area contributed by atoms with Gasteiger partial charge in [-0.2, -0.15) is 0 Å². The van der Waals surface area contributed by atoms with Crippen LogP contribution in [0.3, 0.4) is 0 Å². The average molecular weight is 152 g/mol. The Balaban J connectivity index is 2.79. The van der Waals surface area contributed by atoms with Crippen LogP contribution in [0.2, 0.25) is 0 Å². The maximum atomic E-state index is 10.1. The smallest absolute Gasteiger partial charge is 0.328 e. The van der Waals surface area contributed by atoms with E-state index in [2.05, 4.69) is 9.97 Å². The van der Waals surface area contributed by atoms with Crippen LogP contribution in [0.1, 0.15) is 11.4 Å². The molecule has 0 amide bonds. The Morgan fingerprint density at radius 2 is 2.55 bits per heavy atom. The number of aryl methyl sites for hydroxylation is 1. The fraction of sp³-hybridized carbons (Fsp3) is 0.143. The lowest BCUT2D eigenvalue weighted by Gasteiger charge is -1.85. The molecule has 1 heterocycles. The van der Waals surface area contributed by atoms with Crippen molar-refractivity contribution >= 4 is 12.0 Å². The van der Waals surface area contributed by atoms with Crippen LogP contribution < -0.4 is 0 Å². The lowest BCUT2D eigenvalue weighted by molar-refractivity contribution is -0.131. The molecule has 0 aliphatic rings. The Kier molecular flexibility index (Phi) is 2.06. The normalized spacial score (nSPS) is 10.6. The summed E-state index contributed by atoms with van der Waals surface area (Å²) in [5.74, 6) is -0.959. The second-order valence-corrected chi connectivity index (χ2v) is 2.07. The van der Waals surface area contributed by atoms with Crippen LogP contribution in [0.5, 0.6) is 0 Å². The number of aromatic nitrogens is 2. The second kappa shape index (κ2) is 3.01. The van der Waals surface area contributed by atoms with Crippen molar-refractivity contribution in [3.63, 3.8) is 0 Å². The van der Waals surface area contributed by atoms with Crippen molar-refractivity contribution < 1.29 is 9.90 Å². The molecule has 0 aromatic carbocycles. The lowest BCUT2D eigenvalue weighted by Crippen LogP contribution is -1.86. The molecule has 0 spiro atoms. The first kappa shape index (κ1) is 7.53. The maximum absolute atomic E-state index is 10.1. The van der Waals surface area contributed by atoms with E-state index in [9.17, 15) is 4.79 Å². The largest absolute Gasteiger partial charge is 0.478 e. The fourth-order valence-electron chi connectivity index (χ4n) is 0.696. The monoisotopic (exact) mass is 152 g/mol. The first-order valence-corrected chi connectivity index (χ1v) is 3.11. The molecule has 58 valence electrons. The minimum atomic E-state index is -0.959. The van der Waals surface area contributed by atoms with E-state index in [1.54, 1.807) is 6.92 Å². The number of carboxylic acid groups (broad SMARTS) is 1. The van der Waals surface area contributed by atoms with Crippen LogP contribution in [0.15, 0.2) is 12.4 Å². The standard InChI is InChI=1S/C7H8N2O2/c1-5-6(9-4-8-5)2-3-7(10)11/h2-4H,1H3,(H,8,9)(H,10,11)/b3-2+. The Labute approximate surface area is 63.6 Å². The van der Waals surface area contributed by atoms with Gasteiger partial charge in [0.1, 0.15) is 0 Å². The molecule has 1 rings (SSSR count). The molecule has 0 aliphatic heterocycles. The number of nitrogens with zero attached hydrogens (tertiary/aromatic N) is 1. The van der Waals surface area contributed by atoms with Gasteiger partial charge in [0.25, 0.3) is 0 Å². The SMILES string of the molecule is Cc1nc[nH]c1/C=C/C(=O)O. The number of carboxylic acids is 1. The molecule has 0 radical (unpaired) electrons. The molecule has 0 unspecified atom stereocenters. The number of aromatic amines is 1. The highest BCUT2D eigenvalue weighted by atomic mass is 16.4. The quantitative estimate of drug-likeness (QED) is 0.616. The highest BCUT2D eigenvalue weighted by molar-refractivity contribution is 5.85. The van der Waals surface area contributed by atoms with Gasteiger partial charge in [-0.1, -0.05) is 0 Å². The van der Waals surface area contributed by atoms with Gasteiger partial charge in [-0.3, -0.25) is 0 Å². The molecule has 2 N–H and O–H groups in total. The topological polar surface area (TPSA) is 66.0 Å². The predicted molar refractivity (Wildman–Crippen MR) is 40.0 cm³/mol. The summed E-state index contributed by atoms with van der Waals surface area (Å²) in [5, 5.41) is 8.28. The molecular formula is C7H8N2O2. The van der Waals surface area contributed by atoms with Gasteiger partial charge >= 0.3 is 5.97 Å².